The number of hydrogen-bond donors (Lipinski definition) is 1. The molecular weight excluding hydrogens is 188 g/mol. The van der Waals surface area contributed by atoms with E-state index in [-0.39, 0.29) is 0 Å². The number of aromatic nitrogens is 3. The molecule has 4 heteroatoms. The molecule has 86 valence electrons. The quantitative estimate of drug-likeness (QED) is 0.805. The summed E-state index contributed by atoms with van der Waals surface area (Å²) in [5, 5.41) is 11.6. The first-order valence-electron chi connectivity index (χ1n) is 5.69. The zero-order valence-corrected chi connectivity index (χ0v) is 10.4. The van der Waals surface area contributed by atoms with Crippen LogP contribution >= 0.6 is 0 Å². The Morgan fingerprint density at radius 2 is 2.00 bits per heavy atom. The van der Waals surface area contributed by atoms with Crippen LogP contribution in [-0.2, 0) is 13.0 Å². The summed E-state index contributed by atoms with van der Waals surface area (Å²) in [5.41, 5.74) is 2.33. The number of nitrogens with zero attached hydrogens (tertiary/aromatic N) is 3. The summed E-state index contributed by atoms with van der Waals surface area (Å²) in [7, 11) is 1.93. The van der Waals surface area contributed by atoms with Crippen LogP contribution < -0.4 is 5.32 Å². The highest BCUT2D eigenvalue weighted by molar-refractivity contribution is 5.10. The Labute approximate surface area is 92.1 Å². The molecule has 0 aliphatic rings. The Bertz CT molecular complexity index is 304. The number of nitrogens with one attached hydrogen (secondary N) is 1. The molecule has 4 nitrogen and oxygen atoms in total. The Balaban J connectivity index is 2.98. The third-order valence-electron chi connectivity index (χ3n) is 2.90. The molecule has 0 spiro atoms. The third-order valence-corrected chi connectivity index (χ3v) is 2.90. The molecule has 1 heterocycles. The zero-order chi connectivity index (χ0) is 11.4. The topological polar surface area (TPSA) is 42.7 Å². The van der Waals surface area contributed by atoms with Crippen molar-refractivity contribution in [2.45, 2.75) is 46.7 Å². The van der Waals surface area contributed by atoms with Gasteiger partial charge in [-0.1, -0.05) is 26.0 Å². The van der Waals surface area contributed by atoms with E-state index in [4.69, 9.17) is 0 Å². The summed E-state index contributed by atoms with van der Waals surface area (Å²) in [6.07, 6.45) is 0.987. The molecule has 0 bridgehead atoms. The van der Waals surface area contributed by atoms with E-state index in [0.29, 0.717) is 12.0 Å². The van der Waals surface area contributed by atoms with Gasteiger partial charge in [-0.25, -0.2) is 4.68 Å². The van der Waals surface area contributed by atoms with E-state index in [2.05, 4.69) is 48.0 Å². The SMILES string of the molecule is CCc1c(CNC)nnn1C(C)C(C)C. The van der Waals surface area contributed by atoms with Gasteiger partial charge in [-0.3, -0.25) is 0 Å². The predicted molar refractivity (Wildman–Crippen MR) is 61.7 cm³/mol. The molecule has 1 N–H and O–H groups in total. The minimum atomic E-state index is 0.415. The molecular formula is C11H22N4. The molecule has 0 fully saturated rings. The molecule has 1 aromatic heterocycles. The van der Waals surface area contributed by atoms with Crippen molar-refractivity contribution in [3.63, 3.8) is 0 Å². The fourth-order valence-corrected chi connectivity index (χ4v) is 1.63. The van der Waals surface area contributed by atoms with Gasteiger partial charge in [0, 0.05) is 6.54 Å². The van der Waals surface area contributed by atoms with Crippen LogP contribution in [-0.4, -0.2) is 22.0 Å². The average Bonchev–Trinajstić information content (AvgIpc) is 2.60. The summed E-state index contributed by atoms with van der Waals surface area (Å²) in [4.78, 5) is 0. The largest absolute Gasteiger partial charge is 0.314 e. The lowest BCUT2D eigenvalue weighted by molar-refractivity contribution is 0.359. The van der Waals surface area contributed by atoms with Crippen LogP contribution in [0.2, 0.25) is 0 Å². The number of hydrogen-bond acceptors (Lipinski definition) is 3. The van der Waals surface area contributed by atoms with Gasteiger partial charge in [0.15, 0.2) is 0 Å². The fraction of sp³-hybridized carbons (Fsp3) is 0.818. The van der Waals surface area contributed by atoms with Gasteiger partial charge in [-0.15, -0.1) is 5.10 Å². The highest BCUT2D eigenvalue weighted by Crippen LogP contribution is 2.19. The van der Waals surface area contributed by atoms with E-state index in [0.717, 1.165) is 18.7 Å². The average molecular weight is 210 g/mol. The molecule has 1 atom stereocenters. The van der Waals surface area contributed by atoms with Crippen molar-refractivity contribution in [1.29, 1.82) is 0 Å². The second-order valence-corrected chi connectivity index (χ2v) is 4.30. The van der Waals surface area contributed by atoms with Gasteiger partial charge >= 0.3 is 0 Å². The van der Waals surface area contributed by atoms with Gasteiger partial charge in [0.25, 0.3) is 0 Å². The van der Waals surface area contributed by atoms with Crippen LogP contribution in [0, 0.1) is 5.92 Å². The van der Waals surface area contributed by atoms with E-state index >= 15 is 0 Å². The standard InChI is InChI=1S/C11H22N4/c1-6-11-10(7-12-5)13-14-15(11)9(4)8(2)3/h8-9,12H,6-7H2,1-5H3. The molecule has 0 aromatic carbocycles. The molecule has 1 rings (SSSR count). The summed E-state index contributed by atoms with van der Waals surface area (Å²) >= 11 is 0. The highest BCUT2D eigenvalue weighted by atomic mass is 15.4. The molecule has 0 saturated heterocycles. The lowest BCUT2D eigenvalue weighted by Crippen LogP contribution is -2.16. The first-order valence-corrected chi connectivity index (χ1v) is 5.69. The van der Waals surface area contributed by atoms with E-state index in [9.17, 15) is 0 Å². The molecule has 15 heavy (non-hydrogen) atoms. The van der Waals surface area contributed by atoms with Gasteiger partial charge in [0.2, 0.25) is 0 Å². The molecule has 0 amide bonds. The smallest absolute Gasteiger partial charge is 0.0996 e. The maximum absolute atomic E-state index is 4.25. The lowest BCUT2D eigenvalue weighted by atomic mass is 10.1. The first-order chi connectivity index (χ1) is 7.11. The molecule has 1 aromatic rings. The molecule has 0 radical (unpaired) electrons. The van der Waals surface area contributed by atoms with Crippen molar-refractivity contribution in [2.75, 3.05) is 7.05 Å². The first kappa shape index (κ1) is 12.2. The molecule has 0 aliphatic heterocycles. The van der Waals surface area contributed by atoms with E-state index in [1.165, 1.54) is 5.69 Å². The maximum Gasteiger partial charge on any atom is 0.0996 e. The van der Waals surface area contributed by atoms with Gasteiger partial charge in [-0.05, 0) is 26.3 Å². The van der Waals surface area contributed by atoms with Crippen LogP contribution in [0.5, 0.6) is 0 Å². The molecule has 0 aliphatic carbocycles. The van der Waals surface area contributed by atoms with Crippen molar-refractivity contribution in [3.05, 3.63) is 11.4 Å². The summed E-state index contributed by atoms with van der Waals surface area (Å²) < 4.78 is 2.07. The van der Waals surface area contributed by atoms with E-state index in [1.807, 2.05) is 7.05 Å². The monoisotopic (exact) mass is 210 g/mol. The van der Waals surface area contributed by atoms with Gasteiger partial charge < -0.3 is 5.32 Å². The Morgan fingerprint density at radius 1 is 1.33 bits per heavy atom. The number of rotatable bonds is 5. The Kier molecular flexibility index (Phi) is 4.27. The summed E-state index contributed by atoms with van der Waals surface area (Å²) in [5.74, 6) is 0.583. The second-order valence-electron chi connectivity index (χ2n) is 4.30. The fourth-order valence-electron chi connectivity index (χ4n) is 1.63. The minimum absolute atomic E-state index is 0.415. The Morgan fingerprint density at radius 3 is 2.47 bits per heavy atom. The second kappa shape index (κ2) is 5.26. The highest BCUT2D eigenvalue weighted by Gasteiger charge is 2.17. The van der Waals surface area contributed by atoms with Gasteiger partial charge in [0.1, 0.15) is 0 Å². The van der Waals surface area contributed by atoms with Crippen LogP contribution in [0.3, 0.4) is 0 Å². The summed E-state index contributed by atoms with van der Waals surface area (Å²) in [6.45, 7) is 9.57. The van der Waals surface area contributed by atoms with Gasteiger partial charge in [0.05, 0.1) is 17.4 Å². The van der Waals surface area contributed by atoms with Crippen molar-refractivity contribution in [2.24, 2.45) is 5.92 Å². The normalized spacial score (nSPS) is 13.5. The third kappa shape index (κ3) is 2.56. The van der Waals surface area contributed by atoms with Crippen molar-refractivity contribution in [1.82, 2.24) is 20.3 Å². The van der Waals surface area contributed by atoms with E-state index < -0.39 is 0 Å². The zero-order valence-electron chi connectivity index (χ0n) is 10.4. The van der Waals surface area contributed by atoms with Crippen molar-refractivity contribution < 1.29 is 0 Å². The summed E-state index contributed by atoms with van der Waals surface area (Å²) in [6, 6.07) is 0.415. The van der Waals surface area contributed by atoms with Crippen molar-refractivity contribution in [3.8, 4) is 0 Å². The maximum atomic E-state index is 4.25. The van der Waals surface area contributed by atoms with Crippen LogP contribution in [0.1, 0.15) is 45.1 Å². The molecule has 0 saturated carbocycles. The van der Waals surface area contributed by atoms with Crippen LogP contribution in [0.4, 0.5) is 0 Å². The van der Waals surface area contributed by atoms with Crippen molar-refractivity contribution >= 4 is 0 Å². The van der Waals surface area contributed by atoms with Crippen LogP contribution in [0.15, 0.2) is 0 Å². The minimum Gasteiger partial charge on any atom is -0.314 e. The lowest BCUT2D eigenvalue weighted by Gasteiger charge is -2.18. The Hall–Kier alpha value is -0.900. The van der Waals surface area contributed by atoms with E-state index in [1.54, 1.807) is 0 Å². The predicted octanol–water partition coefficient (Wildman–Crippen LogP) is 1.78. The molecule has 1 unspecified atom stereocenters. The van der Waals surface area contributed by atoms with Gasteiger partial charge in [-0.2, -0.15) is 0 Å². The van der Waals surface area contributed by atoms with Crippen LogP contribution in [0.25, 0.3) is 0 Å².